The molecule has 0 aliphatic carbocycles. The summed E-state index contributed by atoms with van der Waals surface area (Å²) < 4.78 is 11.8. The lowest BCUT2D eigenvalue weighted by atomic mass is 9.96. The Kier molecular flexibility index (Phi) is 6.70. The molecule has 0 spiro atoms. The first-order valence-electron chi connectivity index (χ1n) is 11.2. The van der Waals surface area contributed by atoms with Crippen LogP contribution >= 0.6 is 0 Å². The Morgan fingerprint density at radius 1 is 1.23 bits per heavy atom. The van der Waals surface area contributed by atoms with Gasteiger partial charge in [-0.2, -0.15) is 0 Å². The number of hydrogen-bond donors (Lipinski definition) is 0. The topological polar surface area (TPSA) is 67.8 Å². The number of ether oxygens (including phenoxy) is 2. The first-order chi connectivity index (χ1) is 15.0. The van der Waals surface area contributed by atoms with Crippen molar-refractivity contribution in [3.8, 4) is 5.75 Å². The number of carbonyl (C=O) groups is 1. The maximum Gasteiger partial charge on any atom is 0.134 e. The standard InChI is InChI=1S/C24H32N4O3/c1-17(12-19(3)29)20-4-6-21(7-5-20)31-22-8-9-27(14-22)23-13-24(26-16-25-23)28-10-11-30-15-18(28)2/h4-7,13,16-18,22H,8-12,14-15H2,1-3H3/t17-,18?,22-/m1/s1. The molecular weight excluding hydrogens is 392 g/mol. The van der Waals surface area contributed by atoms with Gasteiger partial charge in [-0.15, -0.1) is 0 Å². The van der Waals surface area contributed by atoms with E-state index in [1.807, 2.05) is 12.1 Å². The summed E-state index contributed by atoms with van der Waals surface area (Å²) >= 11 is 0. The Balaban J connectivity index is 1.35. The quantitative estimate of drug-likeness (QED) is 0.674. The van der Waals surface area contributed by atoms with E-state index >= 15 is 0 Å². The predicted octanol–water partition coefficient (Wildman–Crippen LogP) is 3.44. The summed E-state index contributed by atoms with van der Waals surface area (Å²) in [6.07, 6.45) is 3.31. The summed E-state index contributed by atoms with van der Waals surface area (Å²) in [5, 5.41) is 0. The monoisotopic (exact) mass is 424 g/mol. The van der Waals surface area contributed by atoms with Crippen molar-refractivity contribution in [1.29, 1.82) is 0 Å². The highest BCUT2D eigenvalue weighted by Crippen LogP contribution is 2.27. The molecule has 1 aromatic carbocycles. The van der Waals surface area contributed by atoms with Crippen molar-refractivity contribution < 1.29 is 14.3 Å². The lowest BCUT2D eigenvalue weighted by molar-refractivity contribution is -0.117. The van der Waals surface area contributed by atoms with Gasteiger partial charge >= 0.3 is 0 Å². The van der Waals surface area contributed by atoms with E-state index < -0.39 is 0 Å². The van der Waals surface area contributed by atoms with Gasteiger partial charge in [0.2, 0.25) is 0 Å². The highest BCUT2D eigenvalue weighted by molar-refractivity contribution is 5.76. The molecule has 0 saturated carbocycles. The Bertz CT molecular complexity index is 889. The van der Waals surface area contributed by atoms with E-state index in [2.05, 4.69) is 51.8 Å². The molecule has 2 aromatic rings. The number of hydrogen-bond acceptors (Lipinski definition) is 7. The van der Waals surface area contributed by atoms with Gasteiger partial charge in [0, 0.05) is 32.0 Å². The molecule has 7 nitrogen and oxygen atoms in total. The summed E-state index contributed by atoms with van der Waals surface area (Å²) in [6.45, 7) is 9.91. The van der Waals surface area contributed by atoms with Crippen LogP contribution in [-0.2, 0) is 9.53 Å². The van der Waals surface area contributed by atoms with E-state index in [1.54, 1.807) is 13.3 Å². The van der Waals surface area contributed by atoms with Crippen molar-refractivity contribution >= 4 is 17.4 Å². The van der Waals surface area contributed by atoms with Crippen molar-refractivity contribution in [2.75, 3.05) is 42.6 Å². The summed E-state index contributed by atoms with van der Waals surface area (Å²) in [6, 6.07) is 10.5. The average molecular weight is 425 g/mol. The smallest absolute Gasteiger partial charge is 0.134 e. The van der Waals surface area contributed by atoms with Gasteiger partial charge in [-0.05, 0) is 37.5 Å². The van der Waals surface area contributed by atoms with E-state index in [1.165, 1.54) is 5.56 Å². The van der Waals surface area contributed by atoms with Crippen molar-refractivity contribution in [1.82, 2.24) is 9.97 Å². The SMILES string of the molecule is CC(=O)C[C@@H](C)c1ccc(O[C@@H]2CCN(c3cc(N4CCOCC4C)ncn3)C2)cc1. The Morgan fingerprint density at radius 2 is 2.00 bits per heavy atom. The highest BCUT2D eigenvalue weighted by Gasteiger charge is 2.27. The van der Waals surface area contributed by atoms with Crippen LogP contribution in [0.4, 0.5) is 11.6 Å². The molecule has 1 unspecified atom stereocenters. The van der Waals surface area contributed by atoms with Crippen LogP contribution in [0.5, 0.6) is 5.75 Å². The molecule has 4 rings (SSSR count). The second-order valence-corrected chi connectivity index (χ2v) is 8.70. The molecule has 1 aromatic heterocycles. The van der Waals surface area contributed by atoms with Crippen LogP contribution in [0.3, 0.4) is 0 Å². The van der Waals surface area contributed by atoms with Gasteiger partial charge < -0.3 is 24.1 Å². The number of nitrogens with zero attached hydrogens (tertiary/aromatic N) is 4. The molecule has 2 aliphatic heterocycles. The normalized spacial score (nSPS) is 22.4. The van der Waals surface area contributed by atoms with Gasteiger partial charge in [0.05, 0.1) is 25.8 Å². The Morgan fingerprint density at radius 3 is 2.74 bits per heavy atom. The van der Waals surface area contributed by atoms with Crippen molar-refractivity contribution in [3.05, 3.63) is 42.2 Å². The zero-order chi connectivity index (χ0) is 21.8. The fraction of sp³-hybridized carbons (Fsp3) is 0.542. The van der Waals surface area contributed by atoms with Crippen molar-refractivity contribution in [3.63, 3.8) is 0 Å². The minimum absolute atomic E-state index is 0.126. The number of anilines is 2. The van der Waals surface area contributed by atoms with E-state index in [9.17, 15) is 4.79 Å². The van der Waals surface area contributed by atoms with E-state index in [-0.39, 0.29) is 17.8 Å². The maximum absolute atomic E-state index is 11.4. The molecule has 2 aliphatic rings. The van der Waals surface area contributed by atoms with Gasteiger partial charge in [-0.25, -0.2) is 9.97 Å². The molecule has 3 atom stereocenters. The molecule has 0 N–H and O–H groups in total. The number of morpholine rings is 1. The molecule has 31 heavy (non-hydrogen) atoms. The fourth-order valence-electron chi connectivity index (χ4n) is 4.38. The third-order valence-electron chi connectivity index (χ3n) is 6.11. The van der Waals surface area contributed by atoms with Gasteiger partial charge in [0.25, 0.3) is 0 Å². The molecular formula is C24H32N4O3. The summed E-state index contributed by atoms with van der Waals surface area (Å²) in [5.41, 5.74) is 1.17. The molecule has 2 fully saturated rings. The zero-order valence-electron chi connectivity index (χ0n) is 18.7. The van der Waals surface area contributed by atoms with Gasteiger partial charge in [-0.1, -0.05) is 19.1 Å². The van der Waals surface area contributed by atoms with E-state index in [0.29, 0.717) is 12.5 Å². The minimum atomic E-state index is 0.126. The Hall–Kier alpha value is -2.67. The second kappa shape index (κ2) is 9.64. The van der Waals surface area contributed by atoms with Gasteiger partial charge in [-0.3, -0.25) is 0 Å². The Labute approximate surface area is 184 Å². The molecule has 0 bridgehead atoms. The van der Waals surface area contributed by atoms with E-state index in [0.717, 1.165) is 56.7 Å². The number of benzene rings is 1. The lowest BCUT2D eigenvalue weighted by Crippen LogP contribution is -2.44. The van der Waals surface area contributed by atoms with Crippen LogP contribution in [0.2, 0.25) is 0 Å². The number of Topliss-reactive ketones (excluding diaryl/α,β-unsaturated/α-hetero) is 1. The third-order valence-corrected chi connectivity index (χ3v) is 6.11. The predicted molar refractivity (Wildman–Crippen MR) is 121 cm³/mol. The number of rotatable bonds is 7. The van der Waals surface area contributed by atoms with Crippen LogP contribution in [-0.4, -0.2) is 60.7 Å². The van der Waals surface area contributed by atoms with Crippen LogP contribution in [0.25, 0.3) is 0 Å². The summed E-state index contributed by atoms with van der Waals surface area (Å²) in [5.74, 6) is 3.23. The molecule has 0 amide bonds. The first-order valence-corrected chi connectivity index (χ1v) is 11.2. The van der Waals surface area contributed by atoms with Crippen molar-refractivity contribution in [2.24, 2.45) is 0 Å². The molecule has 3 heterocycles. The average Bonchev–Trinajstić information content (AvgIpc) is 3.23. The number of carbonyl (C=O) groups excluding carboxylic acids is 1. The molecule has 2 saturated heterocycles. The minimum Gasteiger partial charge on any atom is -0.489 e. The first kappa shape index (κ1) is 21.6. The lowest BCUT2D eigenvalue weighted by Gasteiger charge is -2.34. The summed E-state index contributed by atoms with van der Waals surface area (Å²) in [4.78, 5) is 24.9. The highest BCUT2D eigenvalue weighted by atomic mass is 16.5. The molecule has 166 valence electrons. The van der Waals surface area contributed by atoms with Gasteiger partial charge in [0.1, 0.15) is 35.6 Å². The van der Waals surface area contributed by atoms with E-state index in [4.69, 9.17) is 9.47 Å². The molecule has 7 heteroatoms. The second-order valence-electron chi connectivity index (χ2n) is 8.70. The molecule has 0 radical (unpaired) electrons. The van der Waals surface area contributed by atoms with Crippen LogP contribution in [0.15, 0.2) is 36.7 Å². The van der Waals surface area contributed by atoms with Crippen LogP contribution in [0.1, 0.15) is 45.1 Å². The largest absolute Gasteiger partial charge is 0.489 e. The summed E-state index contributed by atoms with van der Waals surface area (Å²) in [7, 11) is 0. The number of ketones is 1. The van der Waals surface area contributed by atoms with Crippen molar-refractivity contribution in [2.45, 2.75) is 51.7 Å². The number of aromatic nitrogens is 2. The third kappa shape index (κ3) is 5.34. The fourth-order valence-corrected chi connectivity index (χ4v) is 4.38. The van der Waals surface area contributed by atoms with Gasteiger partial charge in [0.15, 0.2) is 0 Å². The zero-order valence-corrected chi connectivity index (χ0v) is 18.7. The van der Waals surface area contributed by atoms with Crippen LogP contribution in [0, 0.1) is 0 Å². The van der Waals surface area contributed by atoms with Crippen LogP contribution < -0.4 is 14.5 Å². The maximum atomic E-state index is 11.4.